The largest absolute Gasteiger partial charge is 0.479 e. The molecule has 1 heterocycles. The van der Waals surface area contributed by atoms with E-state index < -0.39 is 0 Å². The molecule has 0 aliphatic carbocycles. The van der Waals surface area contributed by atoms with Gasteiger partial charge in [-0.05, 0) is 12.8 Å². The lowest BCUT2D eigenvalue weighted by Gasteiger charge is -2.24. The Labute approximate surface area is 109 Å². The van der Waals surface area contributed by atoms with Crippen LogP contribution in [0.5, 0.6) is 5.88 Å². The van der Waals surface area contributed by atoms with Crippen molar-refractivity contribution >= 4 is 11.5 Å². The molecule has 0 aromatic carbocycles. The number of unbranched alkanes of at least 4 members (excludes halogenated alkanes) is 2. The molecular formula is C13H24N4O. The topological polar surface area (TPSA) is 64.3 Å². The van der Waals surface area contributed by atoms with Crippen molar-refractivity contribution in [2.45, 2.75) is 39.5 Å². The van der Waals surface area contributed by atoms with E-state index in [1.807, 2.05) is 0 Å². The normalized spacial score (nSPS) is 10.4. The zero-order valence-corrected chi connectivity index (χ0v) is 11.6. The van der Waals surface area contributed by atoms with Crippen molar-refractivity contribution in [1.82, 2.24) is 9.97 Å². The van der Waals surface area contributed by atoms with Crippen LogP contribution < -0.4 is 15.4 Å². The minimum absolute atomic E-state index is 0.456. The highest BCUT2D eigenvalue weighted by Crippen LogP contribution is 2.27. The maximum absolute atomic E-state index is 6.05. The molecule has 0 bridgehead atoms. The van der Waals surface area contributed by atoms with Crippen LogP contribution in [0.3, 0.4) is 0 Å². The predicted molar refractivity (Wildman–Crippen MR) is 75.0 cm³/mol. The van der Waals surface area contributed by atoms with Crippen LogP contribution in [0.15, 0.2) is 6.33 Å². The molecule has 0 aliphatic rings. The molecule has 1 aromatic rings. The number of nitrogens with two attached hydrogens (primary N) is 1. The van der Waals surface area contributed by atoms with Crippen LogP contribution in [0.25, 0.3) is 0 Å². The molecule has 0 saturated heterocycles. The monoisotopic (exact) mass is 252 g/mol. The third kappa shape index (κ3) is 3.75. The van der Waals surface area contributed by atoms with Crippen LogP contribution >= 0.6 is 0 Å². The lowest BCUT2D eigenvalue weighted by molar-refractivity contribution is 0.399. The highest BCUT2D eigenvalue weighted by molar-refractivity contribution is 5.67. The van der Waals surface area contributed by atoms with E-state index in [0.717, 1.165) is 44.6 Å². The molecule has 0 spiro atoms. The predicted octanol–water partition coefficient (Wildman–Crippen LogP) is 2.47. The van der Waals surface area contributed by atoms with Crippen molar-refractivity contribution in [2.24, 2.45) is 0 Å². The van der Waals surface area contributed by atoms with E-state index in [2.05, 4.69) is 28.7 Å². The van der Waals surface area contributed by atoms with Crippen molar-refractivity contribution in [3.8, 4) is 5.88 Å². The standard InChI is InChI=1S/C13H24N4O/c1-4-6-8-17(9-7-5-2)12-11(14)13(18-3)16-10-15-12/h10H,4-9,14H2,1-3H3. The fourth-order valence-corrected chi connectivity index (χ4v) is 1.81. The van der Waals surface area contributed by atoms with Gasteiger partial charge in [0.2, 0.25) is 5.88 Å². The first-order valence-electron chi connectivity index (χ1n) is 6.63. The molecule has 1 aromatic heterocycles. The van der Waals surface area contributed by atoms with Gasteiger partial charge in [0, 0.05) is 13.1 Å². The van der Waals surface area contributed by atoms with E-state index in [1.165, 1.54) is 6.33 Å². The summed E-state index contributed by atoms with van der Waals surface area (Å²) in [5.41, 5.74) is 6.58. The number of anilines is 2. The second kappa shape index (κ2) is 7.74. The Bertz CT molecular complexity index is 349. The maximum atomic E-state index is 6.05. The van der Waals surface area contributed by atoms with Crippen LogP contribution in [-0.2, 0) is 0 Å². The second-order valence-corrected chi connectivity index (χ2v) is 4.31. The Morgan fingerprint density at radius 1 is 1.17 bits per heavy atom. The molecule has 0 fully saturated rings. The van der Waals surface area contributed by atoms with Gasteiger partial charge in [-0.3, -0.25) is 0 Å². The number of nitrogens with zero attached hydrogens (tertiary/aromatic N) is 3. The fourth-order valence-electron chi connectivity index (χ4n) is 1.81. The van der Waals surface area contributed by atoms with E-state index in [-0.39, 0.29) is 0 Å². The van der Waals surface area contributed by atoms with Crippen molar-refractivity contribution in [2.75, 3.05) is 30.8 Å². The first kappa shape index (κ1) is 14.5. The van der Waals surface area contributed by atoms with Crippen LogP contribution in [-0.4, -0.2) is 30.2 Å². The van der Waals surface area contributed by atoms with Crippen LogP contribution in [0.4, 0.5) is 11.5 Å². The van der Waals surface area contributed by atoms with Gasteiger partial charge in [-0.25, -0.2) is 4.98 Å². The van der Waals surface area contributed by atoms with Gasteiger partial charge in [0.25, 0.3) is 0 Å². The molecule has 0 aliphatic heterocycles. The fraction of sp³-hybridized carbons (Fsp3) is 0.692. The number of rotatable bonds is 8. The van der Waals surface area contributed by atoms with E-state index in [9.17, 15) is 0 Å². The molecular weight excluding hydrogens is 228 g/mol. The third-order valence-electron chi connectivity index (χ3n) is 2.88. The van der Waals surface area contributed by atoms with Crippen molar-refractivity contribution in [1.29, 1.82) is 0 Å². The van der Waals surface area contributed by atoms with Gasteiger partial charge in [0.05, 0.1) is 7.11 Å². The summed E-state index contributed by atoms with van der Waals surface area (Å²) in [5, 5.41) is 0. The number of methoxy groups -OCH3 is 1. The van der Waals surface area contributed by atoms with Crippen LogP contribution in [0.2, 0.25) is 0 Å². The second-order valence-electron chi connectivity index (χ2n) is 4.31. The van der Waals surface area contributed by atoms with E-state index in [4.69, 9.17) is 10.5 Å². The summed E-state index contributed by atoms with van der Waals surface area (Å²) >= 11 is 0. The Morgan fingerprint density at radius 3 is 2.28 bits per heavy atom. The molecule has 0 unspecified atom stereocenters. The first-order valence-corrected chi connectivity index (χ1v) is 6.63. The lowest BCUT2D eigenvalue weighted by atomic mass is 10.2. The summed E-state index contributed by atoms with van der Waals surface area (Å²) in [6, 6.07) is 0. The Kier molecular flexibility index (Phi) is 6.25. The summed E-state index contributed by atoms with van der Waals surface area (Å²) in [4.78, 5) is 10.5. The number of hydrogen-bond donors (Lipinski definition) is 1. The van der Waals surface area contributed by atoms with Crippen molar-refractivity contribution < 1.29 is 4.74 Å². The molecule has 0 radical (unpaired) electrons. The summed E-state index contributed by atoms with van der Waals surface area (Å²) in [6.45, 7) is 6.31. The van der Waals surface area contributed by atoms with Gasteiger partial charge in [-0.15, -0.1) is 0 Å². The smallest absolute Gasteiger partial charge is 0.242 e. The molecule has 102 valence electrons. The lowest BCUT2D eigenvalue weighted by Crippen LogP contribution is -2.27. The van der Waals surface area contributed by atoms with E-state index >= 15 is 0 Å². The van der Waals surface area contributed by atoms with Crippen LogP contribution in [0, 0.1) is 0 Å². The van der Waals surface area contributed by atoms with Gasteiger partial charge in [0.1, 0.15) is 12.0 Å². The SMILES string of the molecule is CCCCN(CCCC)c1ncnc(OC)c1N. The molecule has 0 saturated carbocycles. The number of nitrogen functional groups attached to an aromatic ring is 1. The zero-order chi connectivity index (χ0) is 13.4. The van der Waals surface area contributed by atoms with E-state index in [0.29, 0.717) is 11.6 Å². The molecule has 5 heteroatoms. The molecule has 0 atom stereocenters. The number of aromatic nitrogens is 2. The highest BCUT2D eigenvalue weighted by Gasteiger charge is 2.14. The Balaban J connectivity index is 2.88. The highest BCUT2D eigenvalue weighted by atomic mass is 16.5. The summed E-state index contributed by atoms with van der Waals surface area (Å²) in [6.07, 6.45) is 6.09. The molecule has 0 amide bonds. The zero-order valence-electron chi connectivity index (χ0n) is 11.6. The Hall–Kier alpha value is -1.52. The number of hydrogen-bond acceptors (Lipinski definition) is 5. The quantitative estimate of drug-likeness (QED) is 0.770. The molecule has 1 rings (SSSR count). The summed E-state index contributed by atoms with van der Waals surface area (Å²) in [5.74, 6) is 1.25. The van der Waals surface area contributed by atoms with Crippen molar-refractivity contribution in [3.63, 3.8) is 0 Å². The third-order valence-corrected chi connectivity index (χ3v) is 2.88. The minimum atomic E-state index is 0.456. The van der Waals surface area contributed by atoms with Crippen molar-refractivity contribution in [3.05, 3.63) is 6.33 Å². The first-order chi connectivity index (χ1) is 8.74. The number of ether oxygens (including phenoxy) is 1. The average molecular weight is 252 g/mol. The molecule has 18 heavy (non-hydrogen) atoms. The van der Waals surface area contributed by atoms with Gasteiger partial charge in [0.15, 0.2) is 5.82 Å². The van der Waals surface area contributed by atoms with Gasteiger partial charge in [-0.1, -0.05) is 26.7 Å². The maximum Gasteiger partial charge on any atom is 0.242 e. The van der Waals surface area contributed by atoms with Gasteiger partial charge >= 0.3 is 0 Å². The van der Waals surface area contributed by atoms with E-state index in [1.54, 1.807) is 7.11 Å². The minimum Gasteiger partial charge on any atom is -0.479 e. The van der Waals surface area contributed by atoms with Gasteiger partial charge in [-0.2, -0.15) is 4.98 Å². The van der Waals surface area contributed by atoms with Crippen LogP contribution in [0.1, 0.15) is 39.5 Å². The average Bonchev–Trinajstić information content (AvgIpc) is 2.40. The Morgan fingerprint density at radius 2 is 1.78 bits per heavy atom. The summed E-state index contributed by atoms with van der Waals surface area (Å²) in [7, 11) is 1.57. The molecule has 2 N–H and O–H groups in total. The molecule has 5 nitrogen and oxygen atoms in total. The summed E-state index contributed by atoms with van der Waals surface area (Å²) < 4.78 is 5.14. The van der Waals surface area contributed by atoms with Gasteiger partial charge < -0.3 is 15.4 Å².